The minimum atomic E-state index is -0.874. The summed E-state index contributed by atoms with van der Waals surface area (Å²) in [6.07, 6.45) is 0.741. The lowest BCUT2D eigenvalue weighted by atomic mass is 10.1. The smallest absolute Gasteiger partial charge is 0.124 e. The van der Waals surface area contributed by atoms with E-state index in [0.29, 0.717) is 28.0 Å². The molecular weight excluding hydrogens is 287 g/mol. The van der Waals surface area contributed by atoms with Crippen LogP contribution in [0, 0.1) is 6.92 Å². The molecule has 0 amide bonds. The molecule has 0 aliphatic carbocycles. The zero-order chi connectivity index (χ0) is 14.0. The number of hydrogen-bond acceptors (Lipinski definition) is 3. The number of methoxy groups -OCH3 is 1. The SMILES string of the molecule is COCn1c(C(O)c2ccc(Cl)cc2Cl)cnc1C. The second-order valence-electron chi connectivity index (χ2n) is 4.14. The van der Waals surface area contributed by atoms with Crippen LogP contribution in [0.25, 0.3) is 0 Å². The number of nitrogens with zero attached hydrogens (tertiary/aromatic N) is 2. The van der Waals surface area contributed by atoms with Gasteiger partial charge in [0.2, 0.25) is 0 Å². The van der Waals surface area contributed by atoms with Gasteiger partial charge in [0.15, 0.2) is 0 Å². The number of benzene rings is 1. The van der Waals surface area contributed by atoms with Crippen LogP contribution in [-0.4, -0.2) is 21.8 Å². The van der Waals surface area contributed by atoms with Gasteiger partial charge in [0.25, 0.3) is 0 Å². The molecule has 2 rings (SSSR count). The molecule has 0 saturated carbocycles. The van der Waals surface area contributed by atoms with Crippen molar-refractivity contribution in [3.63, 3.8) is 0 Å². The van der Waals surface area contributed by atoms with Crippen molar-refractivity contribution < 1.29 is 9.84 Å². The molecule has 4 nitrogen and oxygen atoms in total. The third kappa shape index (κ3) is 2.92. The van der Waals surface area contributed by atoms with Gasteiger partial charge >= 0.3 is 0 Å². The van der Waals surface area contributed by atoms with Crippen LogP contribution in [0.1, 0.15) is 23.2 Å². The number of imidazole rings is 1. The Morgan fingerprint density at radius 3 is 2.79 bits per heavy atom. The first-order valence-corrected chi connectivity index (χ1v) is 6.44. The Hall–Kier alpha value is -1.07. The highest BCUT2D eigenvalue weighted by Gasteiger charge is 2.19. The van der Waals surface area contributed by atoms with Crippen LogP contribution < -0.4 is 0 Å². The molecule has 1 N–H and O–H groups in total. The summed E-state index contributed by atoms with van der Waals surface area (Å²) in [5.41, 5.74) is 1.21. The average Bonchev–Trinajstić information content (AvgIpc) is 2.71. The maximum atomic E-state index is 10.4. The summed E-state index contributed by atoms with van der Waals surface area (Å²) in [4.78, 5) is 4.18. The summed E-state index contributed by atoms with van der Waals surface area (Å²) in [6, 6.07) is 5.00. The fourth-order valence-corrected chi connectivity index (χ4v) is 2.40. The summed E-state index contributed by atoms with van der Waals surface area (Å²) in [6.45, 7) is 2.17. The number of aryl methyl sites for hydroxylation is 1. The molecule has 1 unspecified atom stereocenters. The minimum Gasteiger partial charge on any atom is -0.382 e. The molecule has 0 spiro atoms. The molecule has 102 valence electrons. The first kappa shape index (κ1) is 14.3. The molecule has 19 heavy (non-hydrogen) atoms. The number of hydrogen-bond donors (Lipinski definition) is 1. The Morgan fingerprint density at radius 2 is 2.16 bits per heavy atom. The molecule has 1 atom stereocenters. The van der Waals surface area contributed by atoms with Crippen molar-refractivity contribution in [1.82, 2.24) is 9.55 Å². The topological polar surface area (TPSA) is 47.3 Å². The predicted octanol–water partition coefficient (Wildman–Crippen LogP) is 3.18. The number of ether oxygens (including phenoxy) is 1. The van der Waals surface area contributed by atoms with E-state index >= 15 is 0 Å². The third-order valence-electron chi connectivity index (χ3n) is 2.88. The Morgan fingerprint density at radius 1 is 1.42 bits per heavy atom. The molecule has 0 saturated heterocycles. The van der Waals surface area contributed by atoms with Crippen molar-refractivity contribution in [2.24, 2.45) is 0 Å². The minimum absolute atomic E-state index is 0.323. The Kier molecular flexibility index (Phi) is 4.47. The molecule has 0 fully saturated rings. The summed E-state index contributed by atoms with van der Waals surface area (Å²) in [5, 5.41) is 11.4. The first-order chi connectivity index (χ1) is 9.04. The number of rotatable bonds is 4. The zero-order valence-corrected chi connectivity index (χ0v) is 12.1. The number of aromatic nitrogens is 2. The van der Waals surface area contributed by atoms with Crippen LogP contribution in [0.15, 0.2) is 24.4 Å². The quantitative estimate of drug-likeness (QED) is 0.943. The molecule has 1 heterocycles. The van der Waals surface area contributed by atoms with Gasteiger partial charge in [-0.2, -0.15) is 0 Å². The maximum Gasteiger partial charge on any atom is 0.124 e. The van der Waals surface area contributed by atoms with Crippen LogP contribution >= 0.6 is 23.2 Å². The Bertz CT molecular complexity index is 584. The number of aliphatic hydroxyl groups is 1. The van der Waals surface area contributed by atoms with Crippen molar-refractivity contribution in [2.45, 2.75) is 19.8 Å². The molecule has 0 aliphatic heterocycles. The summed E-state index contributed by atoms with van der Waals surface area (Å²) >= 11 is 12.0. The molecule has 2 aromatic rings. The van der Waals surface area contributed by atoms with Crippen LogP contribution in [0.2, 0.25) is 10.0 Å². The van der Waals surface area contributed by atoms with Gasteiger partial charge in [-0.15, -0.1) is 0 Å². The largest absolute Gasteiger partial charge is 0.382 e. The molecule has 1 aromatic carbocycles. The lowest BCUT2D eigenvalue weighted by molar-refractivity contribution is 0.117. The molecule has 0 radical (unpaired) electrons. The normalized spacial score (nSPS) is 12.7. The summed E-state index contributed by atoms with van der Waals surface area (Å²) in [5.74, 6) is 0.765. The fraction of sp³-hybridized carbons (Fsp3) is 0.308. The van der Waals surface area contributed by atoms with Crippen molar-refractivity contribution >= 4 is 23.2 Å². The highest BCUT2D eigenvalue weighted by atomic mass is 35.5. The van der Waals surface area contributed by atoms with E-state index in [0.717, 1.165) is 5.82 Å². The highest BCUT2D eigenvalue weighted by molar-refractivity contribution is 6.35. The van der Waals surface area contributed by atoms with E-state index in [2.05, 4.69) is 4.98 Å². The lowest BCUT2D eigenvalue weighted by Gasteiger charge is -2.16. The predicted molar refractivity (Wildman–Crippen MR) is 74.5 cm³/mol. The first-order valence-electron chi connectivity index (χ1n) is 5.68. The standard InChI is InChI=1S/C13H14Cl2N2O2/c1-8-16-6-12(17(8)7-19-2)13(18)10-4-3-9(14)5-11(10)15/h3-6,13,18H,7H2,1-2H3. The van der Waals surface area contributed by atoms with Crippen LogP contribution in [-0.2, 0) is 11.5 Å². The fourth-order valence-electron chi connectivity index (χ4n) is 1.88. The van der Waals surface area contributed by atoms with Crippen molar-refractivity contribution in [3.05, 3.63) is 51.5 Å². The van der Waals surface area contributed by atoms with Crippen LogP contribution in [0.3, 0.4) is 0 Å². The second-order valence-corrected chi connectivity index (χ2v) is 4.99. The summed E-state index contributed by atoms with van der Waals surface area (Å²) < 4.78 is 6.89. The van der Waals surface area contributed by atoms with E-state index in [9.17, 15) is 5.11 Å². The number of aliphatic hydroxyl groups excluding tert-OH is 1. The third-order valence-corrected chi connectivity index (χ3v) is 3.44. The van der Waals surface area contributed by atoms with Crippen LogP contribution in [0.5, 0.6) is 0 Å². The summed E-state index contributed by atoms with van der Waals surface area (Å²) in [7, 11) is 1.59. The van der Waals surface area contributed by atoms with Gasteiger partial charge in [-0.3, -0.25) is 0 Å². The molecule has 0 bridgehead atoms. The van der Waals surface area contributed by atoms with E-state index in [-0.39, 0.29) is 0 Å². The monoisotopic (exact) mass is 300 g/mol. The van der Waals surface area contributed by atoms with Gasteiger partial charge in [0.1, 0.15) is 18.7 Å². The highest BCUT2D eigenvalue weighted by Crippen LogP contribution is 2.30. The van der Waals surface area contributed by atoms with E-state index < -0.39 is 6.10 Å². The van der Waals surface area contributed by atoms with Gasteiger partial charge in [-0.1, -0.05) is 29.3 Å². The zero-order valence-electron chi connectivity index (χ0n) is 10.6. The Balaban J connectivity index is 2.41. The lowest BCUT2D eigenvalue weighted by Crippen LogP contribution is -2.11. The van der Waals surface area contributed by atoms with E-state index in [4.69, 9.17) is 27.9 Å². The van der Waals surface area contributed by atoms with Gasteiger partial charge in [-0.05, 0) is 19.1 Å². The van der Waals surface area contributed by atoms with Gasteiger partial charge in [0, 0.05) is 22.7 Å². The molecule has 1 aromatic heterocycles. The van der Waals surface area contributed by atoms with Gasteiger partial charge < -0.3 is 14.4 Å². The molecule has 6 heteroatoms. The van der Waals surface area contributed by atoms with Gasteiger partial charge in [0.05, 0.1) is 11.9 Å². The number of halogens is 2. The molecular formula is C13H14Cl2N2O2. The van der Waals surface area contributed by atoms with E-state index in [1.807, 2.05) is 6.92 Å². The van der Waals surface area contributed by atoms with Gasteiger partial charge in [-0.25, -0.2) is 4.98 Å². The average molecular weight is 301 g/mol. The van der Waals surface area contributed by atoms with Crippen molar-refractivity contribution in [1.29, 1.82) is 0 Å². The Labute approximate surface area is 121 Å². The molecule has 0 aliphatic rings. The van der Waals surface area contributed by atoms with E-state index in [1.165, 1.54) is 0 Å². The van der Waals surface area contributed by atoms with E-state index in [1.54, 1.807) is 36.1 Å². The van der Waals surface area contributed by atoms with Crippen LogP contribution in [0.4, 0.5) is 0 Å². The van der Waals surface area contributed by atoms with Crippen molar-refractivity contribution in [3.8, 4) is 0 Å². The van der Waals surface area contributed by atoms with Crippen molar-refractivity contribution in [2.75, 3.05) is 7.11 Å². The second kappa shape index (κ2) is 5.92. The maximum absolute atomic E-state index is 10.4.